The third-order valence-electron chi connectivity index (χ3n) is 2.24. The summed E-state index contributed by atoms with van der Waals surface area (Å²) in [6.07, 6.45) is 1.34. The van der Waals surface area contributed by atoms with Gasteiger partial charge in [-0.3, -0.25) is 0 Å². The number of hydrogen-bond donors (Lipinski definition) is 0. The van der Waals surface area contributed by atoms with Crippen LogP contribution in [0.5, 0.6) is 0 Å². The van der Waals surface area contributed by atoms with E-state index in [0.29, 0.717) is 0 Å². The van der Waals surface area contributed by atoms with Crippen LogP contribution in [0.15, 0.2) is 24.3 Å². The summed E-state index contributed by atoms with van der Waals surface area (Å²) in [6, 6.07) is 8.92. The smallest absolute Gasteiger partial charge is 0.418 e. The van der Waals surface area contributed by atoms with Crippen molar-refractivity contribution in [3.8, 4) is 0 Å². The number of hydrogen-bond acceptors (Lipinski definition) is 0. The van der Waals surface area contributed by atoms with E-state index in [4.69, 9.17) is 0 Å². The van der Waals surface area contributed by atoms with Gasteiger partial charge in [0.1, 0.15) is 0 Å². The number of benzene rings is 1. The molecule has 0 spiro atoms. The van der Waals surface area contributed by atoms with Crippen LogP contribution in [0.3, 0.4) is 0 Å². The SMILES string of the molecule is C[Se+]1CCc2ccccc2C1.F[B-](F)(F)F. The molecular formula is C10H13BF4Se. The predicted octanol–water partition coefficient (Wildman–Crippen LogP) is 3.75. The molecule has 2 rings (SSSR count). The van der Waals surface area contributed by atoms with E-state index in [1.165, 1.54) is 17.1 Å². The maximum Gasteiger partial charge on any atom is 0.673 e. The summed E-state index contributed by atoms with van der Waals surface area (Å²) in [6.45, 7) is 0. The van der Waals surface area contributed by atoms with E-state index < -0.39 is 7.25 Å². The van der Waals surface area contributed by atoms with Crippen LogP contribution in [-0.2, 0) is 11.7 Å². The minimum Gasteiger partial charge on any atom is -0.418 e. The second-order valence-electron chi connectivity index (χ2n) is 3.64. The topological polar surface area (TPSA) is 0 Å². The van der Waals surface area contributed by atoms with Gasteiger partial charge in [0.25, 0.3) is 0 Å². The molecule has 0 saturated carbocycles. The molecular weight excluding hydrogens is 286 g/mol. The molecule has 1 aliphatic heterocycles. The summed E-state index contributed by atoms with van der Waals surface area (Å²) in [4.78, 5) is 0. The van der Waals surface area contributed by atoms with Gasteiger partial charge in [0.05, 0.1) is 0 Å². The average Bonchev–Trinajstić information content (AvgIpc) is 2.15. The molecule has 16 heavy (non-hydrogen) atoms. The van der Waals surface area contributed by atoms with E-state index in [2.05, 4.69) is 30.1 Å². The minimum absolute atomic E-state index is 0.209. The van der Waals surface area contributed by atoms with Crippen molar-refractivity contribution in [1.82, 2.24) is 0 Å². The van der Waals surface area contributed by atoms with Crippen molar-refractivity contribution in [1.29, 1.82) is 0 Å². The Morgan fingerprint density at radius 1 is 1.06 bits per heavy atom. The molecule has 0 amide bonds. The van der Waals surface area contributed by atoms with Crippen LogP contribution in [0, 0.1) is 0 Å². The van der Waals surface area contributed by atoms with Crippen LogP contribution in [0.2, 0.25) is 11.1 Å². The zero-order chi connectivity index (χ0) is 12.2. The molecule has 0 aliphatic carbocycles. The summed E-state index contributed by atoms with van der Waals surface area (Å²) in [5, 5.41) is 2.91. The minimum atomic E-state index is -6.00. The first-order valence-electron chi connectivity index (χ1n) is 4.89. The molecule has 90 valence electrons. The van der Waals surface area contributed by atoms with Gasteiger partial charge in [-0.25, -0.2) is 0 Å². The van der Waals surface area contributed by atoms with Crippen molar-refractivity contribution in [2.24, 2.45) is 0 Å². The number of rotatable bonds is 0. The summed E-state index contributed by atoms with van der Waals surface area (Å²) >= 11 is -0.209. The molecule has 0 nitrogen and oxygen atoms in total. The molecule has 1 unspecified atom stereocenters. The molecule has 1 aromatic carbocycles. The van der Waals surface area contributed by atoms with Crippen LogP contribution < -0.4 is 0 Å². The fourth-order valence-corrected chi connectivity index (χ4v) is 4.76. The van der Waals surface area contributed by atoms with E-state index in [0.717, 1.165) is 0 Å². The first-order chi connectivity index (χ1) is 7.36. The molecule has 0 aromatic heterocycles. The average molecular weight is 299 g/mol. The van der Waals surface area contributed by atoms with E-state index in [1.807, 2.05) is 0 Å². The van der Waals surface area contributed by atoms with Gasteiger partial charge in [0, 0.05) is 0 Å². The van der Waals surface area contributed by atoms with Gasteiger partial charge in [-0.15, -0.1) is 0 Å². The first kappa shape index (κ1) is 13.6. The molecule has 0 radical (unpaired) electrons. The van der Waals surface area contributed by atoms with Crippen LogP contribution in [0.25, 0.3) is 0 Å². The van der Waals surface area contributed by atoms with Crippen molar-refractivity contribution in [2.45, 2.75) is 22.9 Å². The van der Waals surface area contributed by atoms with Crippen molar-refractivity contribution < 1.29 is 17.3 Å². The van der Waals surface area contributed by atoms with E-state index in [9.17, 15) is 17.3 Å². The van der Waals surface area contributed by atoms with Gasteiger partial charge < -0.3 is 17.3 Å². The number of halogens is 4. The normalized spacial score (nSPS) is 19.4. The largest absolute Gasteiger partial charge is 0.673 e. The Bertz CT molecular complexity index is 334. The Labute approximate surface area is 97.0 Å². The van der Waals surface area contributed by atoms with Gasteiger partial charge in [0.15, 0.2) is 0 Å². The molecule has 1 aromatic rings. The molecule has 1 heterocycles. The Morgan fingerprint density at radius 2 is 1.56 bits per heavy atom. The maximum atomic E-state index is 9.75. The van der Waals surface area contributed by atoms with E-state index in [1.54, 1.807) is 11.1 Å². The van der Waals surface area contributed by atoms with Gasteiger partial charge in [0.2, 0.25) is 0 Å². The molecule has 1 atom stereocenters. The molecule has 0 bridgehead atoms. The number of fused-ring (bicyclic) bond motifs is 1. The zero-order valence-electron chi connectivity index (χ0n) is 8.93. The molecule has 1 aliphatic rings. The van der Waals surface area contributed by atoms with Crippen molar-refractivity contribution in [3.63, 3.8) is 0 Å². The second-order valence-corrected chi connectivity index (χ2v) is 8.38. The first-order valence-corrected chi connectivity index (χ1v) is 9.03. The molecule has 6 heteroatoms. The Hall–Kier alpha value is -0.476. The van der Waals surface area contributed by atoms with E-state index in [-0.39, 0.29) is 13.9 Å². The third-order valence-corrected chi connectivity index (χ3v) is 5.82. The van der Waals surface area contributed by atoms with Crippen LogP contribution in [0.4, 0.5) is 17.3 Å². The van der Waals surface area contributed by atoms with Gasteiger partial charge >= 0.3 is 79.4 Å². The molecule has 0 saturated heterocycles. The standard InChI is InChI=1S/C10H13Se.BF4/c1-11-7-6-9-4-2-3-5-10(9)8-11;2-1(3,4)5/h2-5H,6-8H2,1H3;/q+1;-1. The van der Waals surface area contributed by atoms with Crippen LogP contribution in [-0.4, -0.2) is 21.2 Å². The summed E-state index contributed by atoms with van der Waals surface area (Å²) in [5.41, 5.74) is 3.24. The van der Waals surface area contributed by atoms with E-state index >= 15 is 0 Å². The number of aryl methyl sites for hydroxylation is 1. The van der Waals surface area contributed by atoms with Crippen LogP contribution in [0.1, 0.15) is 11.1 Å². The zero-order valence-corrected chi connectivity index (χ0v) is 10.6. The Kier molecular flexibility index (Phi) is 4.87. The van der Waals surface area contributed by atoms with Gasteiger partial charge in [-0.05, 0) is 0 Å². The fraction of sp³-hybridized carbons (Fsp3) is 0.400. The van der Waals surface area contributed by atoms with Crippen molar-refractivity contribution in [3.05, 3.63) is 35.4 Å². The van der Waals surface area contributed by atoms with Crippen molar-refractivity contribution >= 4 is 21.2 Å². The van der Waals surface area contributed by atoms with Crippen molar-refractivity contribution in [2.75, 3.05) is 0 Å². The fourth-order valence-electron chi connectivity index (χ4n) is 1.56. The maximum absolute atomic E-state index is 9.75. The quantitative estimate of drug-likeness (QED) is 0.505. The third kappa shape index (κ3) is 5.57. The van der Waals surface area contributed by atoms with Gasteiger partial charge in [-0.2, -0.15) is 0 Å². The molecule has 0 fully saturated rings. The Balaban J connectivity index is 0.000000221. The summed E-state index contributed by atoms with van der Waals surface area (Å²) in [7, 11) is -6.00. The predicted molar refractivity (Wildman–Crippen MR) is 60.5 cm³/mol. The van der Waals surface area contributed by atoms with Crippen LogP contribution >= 0.6 is 0 Å². The summed E-state index contributed by atoms with van der Waals surface area (Å²) < 4.78 is 39.0. The Morgan fingerprint density at radius 3 is 2.12 bits per heavy atom. The monoisotopic (exact) mass is 300 g/mol. The molecule has 0 N–H and O–H groups in total. The summed E-state index contributed by atoms with van der Waals surface area (Å²) in [5.74, 6) is 2.47. The van der Waals surface area contributed by atoms with Gasteiger partial charge in [-0.1, -0.05) is 0 Å². The second kappa shape index (κ2) is 5.73.